The van der Waals surface area contributed by atoms with Crippen molar-refractivity contribution in [2.24, 2.45) is 0 Å². The lowest BCUT2D eigenvalue weighted by Gasteiger charge is -2.27. The number of methoxy groups -OCH3 is 1. The lowest BCUT2D eigenvalue weighted by atomic mass is 10.1. The third-order valence-corrected chi connectivity index (χ3v) is 5.90. The molecule has 1 fully saturated rings. The van der Waals surface area contributed by atoms with Gasteiger partial charge in [0.1, 0.15) is 12.3 Å². The van der Waals surface area contributed by atoms with Gasteiger partial charge in [-0.25, -0.2) is 0 Å². The van der Waals surface area contributed by atoms with Gasteiger partial charge in [0.25, 0.3) is 11.7 Å². The summed E-state index contributed by atoms with van der Waals surface area (Å²) < 4.78 is 6.97. The van der Waals surface area contributed by atoms with E-state index in [0.717, 1.165) is 37.9 Å². The van der Waals surface area contributed by atoms with Crippen molar-refractivity contribution in [3.05, 3.63) is 59.2 Å². The van der Waals surface area contributed by atoms with Crippen molar-refractivity contribution in [3.8, 4) is 5.75 Å². The summed E-state index contributed by atoms with van der Waals surface area (Å²) >= 11 is 6.02. The molecule has 4 rings (SSSR count). The second kappa shape index (κ2) is 9.44. The largest absolute Gasteiger partial charge is 0.495 e. The number of nitrogens with one attached hydrogen (secondary N) is 1. The highest BCUT2D eigenvalue weighted by Gasteiger charge is 2.24. The fourth-order valence-electron chi connectivity index (χ4n) is 4.03. The van der Waals surface area contributed by atoms with E-state index in [1.165, 1.54) is 13.2 Å². The van der Waals surface area contributed by atoms with E-state index in [1.54, 1.807) is 35.0 Å². The Kier molecular flexibility index (Phi) is 6.46. The first kappa shape index (κ1) is 21.9. The van der Waals surface area contributed by atoms with Crippen LogP contribution in [0.4, 0.5) is 5.69 Å². The van der Waals surface area contributed by atoms with Crippen molar-refractivity contribution in [2.45, 2.75) is 25.8 Å². The molecule has 0 radical (unpaired) electrons. The minimum absolute atomic E-state index is 0.0116. The number of amides is 2. The molecule has 8 heteroatoms. The minimum Gasteiger partial charge on any atom is -0.495 e. The van der Waals surface area contributed by atoms with Gasteiger partial charge in [0, 0.05) is 35.2 Å². The molecule has 1 aliphatic heterocycles. The van der Waals surface area contributed by atoms with E-state index < -0.39 is 11.7 Å². The van der Waals surface area contributed by atoms with Gasteiger partial charge < -0.3 is 19.5 Å². The molecular weight excluding hydrogens is 430 g/mol. The minimum atomic E-state index is -0.809. The Morgan fingerprint density at radius 1 is 1.06 bits per heavy atom. The maximum absolute atomic E-state index is 13.1. The number of piperidine rings is 1. The zero-order valence-electron chi connectivity index (χ0n) is 17.8. The van der Waals surface area contributed by atoms with Gasteiger partial charge in [0.2, 0.25) is 5.91 Å². The topological polar surface area (TPSA) is 80.6 Å². The van der Waals surface area contributed by atoms with Crippen LogP contribution in [-0.2, 0) is 16.1 Å². The SMILES string of the molecule is COc1ccc(Cl)cc1NC(=O)C(=O)c1cn(CC(=O)N2CCCCC2)c2ccccc12. The predicted molar refractivity (Wildman–Crippen MR) is 123 cm³/mol. The lowest BCUT2D eigenvalue weighted by Crippen LogP contribution is -2.37. The van der Waals surface area contributed by atoms with Gasteiger partial charge in [0.15, 0.2) is 0 Å². The van der Waals surface area contributed by atoms with Crippen molar-refractivity contribution < 1.29 is 19.1 Å². The third kappa shape index (κ3) is 4.48. The number of hydrogen-bond acceptors (Lipinski definition) is 4. The highest BCUT2D eigenvalue weighted by molar-refractivity contribution is 6.48. The first-order valence-electron chi connectivity index (χ1n) is 10.5. The van der Waals surface area contributed by atoms with Crippen LogP contribution in [0.3, 0.4) is 0 Å². The number of nitrogens with zero attached hydrogens (tertiary/aromatic N) is 2. The molecule has 7 nitrogen and oxygen atoms in total. The highest BCUT2D eigenvalue weighted by atomic mass is 35.5. The summed E-state index contributed by atoms with van der Waals surface area (Å²) in [6, 6.07) is 12.0. The summed E-state index contributed by atoms with van der Waals surface area (Å²) in [5.74, 6) is -1.11. The highest BCUT2D eigenvalue weighted by Crippen LogP contribution is 2.28. The molecule has 0 unspecified atom stereocenters. The Bertz CT molecular complexity index is 1180. The summed E-state index contributed by atoms with van der Waals surface area (Å²) in [5.41, 5.74) is 1.28. The number of Topliss-reactive ketones (excluding diaryl/α,β-unsaturated/α-hetero) is 1. The Morgan fingerprint density at radius 3 is 2.56 bits per heavy atom. The molecule has 32 heavy (non-hydrogen) atoms. The molecule has 2 amide bonds. The Morgan fingerprint density at radius 2 is 1.81 bits per heavy atom. The number of fused-ring (bicyclic) bond motifs is 1. The molecular formula is C24H24ClN3O4. The average Bonchev–Trinajstić information content (AvgIpc) is 3.17. The first-order valence-corrected chi connectivity index (χ1v) is 10.9. The van der Waals surface area contributed by atoms with Crippen LogP contribution < -0.4 is 10.1 Å². The Balaban J connectivity index is 1.60. The van der Waals surface area contributed by atoms with E-state index >= 15 is 0 Å². The maximum atomic E-state index is 13.1. The molecule has 0 atom stereocenters. The smallest absolute Gasteiger partial charge is 0.296 e. The summed E-state index contributed by atoms with van der Waals surface area (Å²) in [4.78, 5) is 40.5. The summed E-state index contributed by atoms with van der Waals surface area (Å²) in [6.07, 6.45) is 4.75. The van der Waals surface area contributed by atoms with Crippen LogP contribution >= 0.6 is 11.6 Å². The number of carbonyl (C=O) groups excluding carboxylic acids is 3. The lowest BCUT2D eigenvalue weighted by molar-refractivity contribution is -0.132. The van der Waals surface area contributed by atoms with E-state index in [2.05, 4.69) is 5.32 Å². The van der Waals surface area contributed by atoms with Crippen molar-refractivity contribution in [1.29, 1.82) is 0 Å². The molecule has 2 heterocycles. The molecule has 3 aromatic rings. The van der Waals surface area contributed by atoms with E-state index in [4.69, 9.17) is 16.3 Å². The van der Waals surface area contributed by atoms with Gasteiger partial charge in [-0.15, -0.1) is 0 Å². The molecule has 0 spiro atoms. The molecule has 0 aliphatic carbocycles. The fraction of sp³-hybridized carbons (Fsp3) is 0.292. The van der Waals surface area contributed by atoms with E-state index in [1.807, 2.05) is 17.0 Å². The molecule has 2 aromatic carbocycles. The Hall–Kier alpha value is -3.32. The zero-order chi connectivity index (χ0) is 22.7. The summed E-state index contributed by atoms with van der Waals surface area (Å²) in [7, 11) is 1.47. The number of halogens is 1. The van der Waals surface area contributed by atoms with Crippen molar-refractivity contribution in [1.82, 2.24) is 9.47 Å². The summed E-state index contributed by atoms with van der Waals surface area (Å²) in [5, 5.41) is 3.61. The number of likely N-dealkylation sites (tertiary alicyclic amines) is 1. The molecule has 166 valence electrons. The van der Waals surface area contributed by atoms with Crippen LogP contribution in [0.15, 0.2) is 48.7 Å². The normalized spacial score (nSPS) is 13.8. The second-order valence-corrected chi connectivity index (χ2v) is 8.19. The van der Waals surface area contributed by atoms with Crippen LogP contribution in [0.25, 0.3) is 10.9 Å². The molecule has 1 aliphatic rings. The van der Waals surface area contributed by atoms with Gasteiger partial charge in [0.05, 0.1) is 18.4 Å². The number of ketones is 1. The molecule has 1 aromatic heterocycles. The molecule has 1 saturated heterocycles. The zero-order valence-corrected chi connectivity index (χ0v) is 18.5. The quantitative estimate of drug-likeness (QED) is 0.449. The second-order valence-electron chi connectivity index (χ2n) is 7.76. The third-order valence-electron chi connectivity index (χ3n) is 5.66. The van der Waals surface area contributed by atoms with Gasteiger partial charge in [-0.05, 0) is 43.5 Å². The number of para-hydroxylation sites is 1. The number of aromatic nitrogens is 1. The predicted octanol–water partition coefficient (Wildman–Crippen LogP) is 4.14. The van der Waals surface area contributed by atoms with Crippen molar-refractivity contribution in [2.75, 3.05) is 25.5 Å². The van der Waals surface area contributed by atoms with E-state index in [0.29, 0.717) is 21.8 Å². The van der Waals surface area contributed by atoms with E-state index in [-0.39, 0.29) is 18.0 Å². The van der Waals surface area contributed by atoms with Crippen LogP contribution in [0, 0.1) is 0 Å². The number of rotatable bonds is 6. The van der Waals surface area contributed by atoms with Gasteiger partial charge >= 0.3 is 0 Å². The van der Waals surface area contributed by atoms with Gasteiger partial charge in [-0.3, -0.25) is 14.4 Å². The number of anilines is 1. The average molecular weight is 454 g/mol. The number of carbonyl (C=O) groups is 3. The number of hydrogen-bond donors (Lipinski definition) is 1. The van der Waals surface area contributed by atoms with Gasteiger partial charge in [-0.1, -0.05) is 29.8 Å². The van der Waals surface area contributed by atoms with Crippen molar-refractivity contribution in [3.63, 3.8) is 0 Å². The van der Waals surface area contributed by atoms with Crippen LogP contribution in [0.5, 0.6) is 5.75 Å². The molecule has 1 N–H and O–H groups in total. The molecule has 0 saturated carbocycles. The monoisotopic (exact) mass is 453 g/mol. The van der Waals surface area contributed by atoms with E-state index in [9.17, 15) is 14.4 Å². The standard InChI is InChI=1S/C24H24ClN3O4/c1-32-21-10-9-16(25)13-19(21)26-24(31)23(30)18-14-28(20-8-4-3-7-17(18)20)15-22(29)27-11-5-2-6-12-27/h3-4,7-10,13-14H,2,5-6,11-12,15H2,1H3,(H,26,31). The van der Waals surface area contributed by atoms with Crippen LogP contribution in [0.1, 0.15) is 29.6 Å². The van der Waals surface area contributed by atoms with Crippen molar-refractivity contribution >= 4 is 45.8 Å². The fourth-order valence-corrected chi connectivity index (χ4v) is 4.20. The Labute approximate surface area is 190 Å². The van der Waals surface area contributed by atoms with Gasteiger partial charge in [-0.2, -0.15) is 0 Å². The summed E-state index contributed by atoms with van der Waals surface area (Å²) in [6.45, 7) is 1.64. The first-order chi connectivity index (χ1) is 15.5. The number of ether oxygens (including phenoxy) is 1. The number of benzene rings is 2. The maximum Gasteiger partial charge on any atom is 0.296 e. The molecule has 0 bridgehead atoms. The van der Waals surface area contributed by atoms with Crippen LogP contribution in [0.2, 0.25) is 5.02 Å². The van der Waals surface area contributed by atoms with Crippen LogP contribution in [-0.4, -0.2) is 47.3 Å².